The highest BCUT2D eigenvalue weighted by Crippen LogP contribution is 2.25. The van der Waals surface area contributed by atoms with Gasteiger partial charge in [0.1, 0.15) is 11.6 Å². The van der Waals surface area contributed by atoms with E-state index in [4.69, 9.17) is 22.3 Å². The Labute approximate surface area is 226 Å². The zero-order valence-corrected chi connectivity index (χ0v) is 21.5. The van der Waals surface area contributed by atoms with Crippen molar-refractivity contribution in [1.29, 1.82) is 5.41 Å². The summed E-state index contributed by atoms with van der Waals surface area (Å²) in [6, 6.07) is 18.3. The van der Waals surface area contributed by atoms with Crippen LogP contribution in [0.2, 0.25) is 0 Å². The Morgan fingerprint density at radius 2 is 1.59 bits per heavy atom. The van der Waals surface area contributed by atoms with Gasteiger partial charge in [-0.25, -0.2) is 0 Å². The van der Waals surface area contributed by atoms with E-state index in [2.05, 4.69) is 16.6 Å². The van der Waals surface area contributed by atoms with Gasteiger partial charge in [0.15, 0.2) is 0 Å². The first-order valence-electron chi connectivity index (χ1n) is 12.4. The van der Waals surface area contributed by atoms with Crippen molar-refractivity contribution in [1.82, 2.24) is 4.90 Å². The van der Waals surface area contributed by atoms with Gasteiger partial charge in [-0.15, -0.1) is 6.42 Å². The van der Waals surface area contributed by atoms with Gasteiger partial charge in [0.05, 0.1) is 18.4 Å². The Hall–Kier alpha value is -5.10. The van der Waals surface area contributed by atoms with E-state index in [0.29, 0.717) is 65.6 Å². The molecule has 0 radical (unpaired) electrons. The molecule has 0 saturated carbocycles. The summed E-state index contributed by atoms with van der Waals surface area (Å²) in [5.74, 6) is 2.02. The highest BCUT2D eigenvalue weighted by molar-refractivity contribution is 6.13. The van der Waals surface area contributed by atoms with Crippen molar-refractivity contribution in [3.8, 4) is 18.1 Å². The third-order valence-corrected chi connectivity index (χ3v) is 6.66. The average molecular weight is 524 g/mol. The standard InChI is InChI=1S/C30H29N5O4/c1-3-19-4-10-23(11-5-19)33-30(38)25-18-24(39-2)12-13-26(25)34-29(37)22-8-6-20(7-9-22)27(31)35-16-14-21(15-17-35)28(32)36/h1,4-13,18,21,31H,14-17H2,2H3,(H2,32,36)(H,33,38)(H,34,37). The molecular formula is C30H29N5O4. The van der Waals surface area contributed by atoms with Crippen molar-refractivity contribution >= 4 is 34.9 Å². The van der Waals surface area contributed by atoms with Crippen LogP contribution in [0.4, 0.5) is 11.4 Å². The van der Waals surface area contributed by atoms with E-state index in [1.54, 1.807) is 66.7 Å². The summed E-state index contributed by atoms with van der Waals surface area (Å²) in [5.41, 5.74) is 8.20. The zero-order valence-electron chi connectivity index (χ0n) is 21.5. The van der Waals surface area contributed by atoms with Gasteiger partial charge < -0.3 is 26.0 Å². The fourth-order valence-corrected chi connectivity index (χ4v) is 4.34. The smallest absolute Gasteiger partial charge is 0.257 e. The number of benzene rings is 3. The zero-order chi connectivity index (χ0) is 27.9. The molecule has 9 nitrogen and oxygen atoms in total. The van der Waals surface area contributed by atoms with Gasteiger partial charge in [-0.1, -0.05) is 18.1 Å². The summed E-state index contributed by atoms with van der Waals surface area (Å²) >= 11 is 0. The minimum Gasteiger partial charge on any atom is -0.497 e. The maximum Gasteiger partial charge on any atom is 0.257 e. The largest absolute Gasteiger partial charge is 0.497 e. The monoisotopic (exact) mass is 523 g/mol. The molecule has 3 amide bonds. The number of piperidine rings is 1. The average Bonchev–Trinajstić information content (AvgIpc) is 2.97. The highest BCUT2D eigenvalue weighted by Gasteiger charge is 2.25. The second-order valence-corrected chi connectivity index (χ2v) is 9.13. The van der Waals surface area contributed by atoms with Crippen LogP contribution in [-0.2, 0) is 4.79 Å². The third kappa shape index (κ3) is 6.43. The molecule has 0 spiro atoms. The Balaban J connectivity index is 1.45. The van der Waals surface area contributed by atoms with E-state index in [1.165, 1.54) is 7.11 Å². The summed E-state index contributed by atoms with van der Waals surface area (Å²) in [6.07, 6.45) is 6.63. The number of terminal acetylenes is 1. The molecule has 0 aromatic heterocycles. The molecule has 1 fully saturated rings. The molecule has 0 unspecified atom stereocenters. The molecule has 1 heterocycles. The number of nitrogens with zero attached hydrogens (tertiary/aromatic N) is 1. The van der Waals surface area contributed by atoms with Gasteiger partial charge in [0, 0.05) is 41.4 Å². The molecule has 1 saturated heterocycles. The van der Waals surface area contributed by atoms with Crippen LogP contribution in [0.25, 0.3) is 0 Å². The fraction of sp³-hybridized carbons (Fsp3) is 0.200. The Bertz CT molecular complexity index is 1430. The van der Waals surface area contributed by atoms with Crippen molar-refractivity contribution in [2.45, 2.75) is 12.8 Å². The lowest BCUT2D eigenvalue weighted by atomic mass is 9.95. The summed E-state index contributed by atoms with van der Waals surface area (Å²) in [5, 5.41) is 14.1. The molecule has 1 aliphatic rings. The van der Waals surface area contributed by atoms with Crippen LogP contribution in [0.15, 0.2) is 66.7 Å². The predicted octanol–water partition coefficient (Wildman–Crippen LogP) is 3.70. The molecule has 5 N–H and O–H groups in total. The summed E-state index contributed by atoms with van der Waals surface area (Å²) in [7, 11) is 1.49. The first-order chi connectivity index (χ1) is 18.8. The van der Waals surface area contributed by atoms with Crippen molar-refractivity contribution in [2.24, 2.45) is 11.7 Å². The number of ether oxygens (including phenoxy) is 1. The van der Waals surface area contributed by atoms with Crippen LogP contribution in [0.5, 0.6) is 5.75 Å². The van der Waals surface area contributed by atoms with Crippen molar-refractivity contribution in [3.63, 3.8) is 0 Å². The number of likely N-dealkylation sites (tertiary alicyclic amines) is 1. The number of carbonyl (C=O) groups excluding carboxylic acids is 3. The number of hydrogen-bond acceptors (Lipinski definition) is 5. The Kier molecular flexibility index (Phi) is 8.27. The fourth-order valence-electron chi connectivity index (χ4n) is 4.34. The minimum atomic E-state index is -0.429. The number of rotatable bonds is 7. The number of methoxy groups -OCH3 is 1. The number of nitrogens with one attached hydrogen (secondary N) is 3. The molecule has 39 heavy (non-hydrogen) atoms. The van der Waals surface area contributed by atoms with E-state index < -0.39 is 11.8 Å². The van der Waals surface area contributed by atoms with E-state index in [1.807, 2.05) is 4.90 Å². The van der Waals surface area contributed by atoms with Gasteiger partial charge in [0.25, 0.3) is 11.8 Å². The highest BCUT2D eigenvalue weighted by atomic mass is 16.5. The van der Waals surface area contributed by atoms with Crippen LogP contribution in [0.1, 0.15) is 44.7 Å². The molecule has 0 atom stereocenters. The van der Waals surface area contributed by atoms with E-state index in [-0.39, 0.29) is 17.4 Å². The number of primary amides is 1. The molecule has 1 aliphatic heterocycles. The Morgan fingerprint density at radius 3 is 2.18 bits per heavy atom. The van der Waals surface area contributed by atoms with Crippen LogP contribution in [-0.4, -0.2) is 48.7 Å². The number of anilines is 2. The number of amidine groups is 1. The number of nitrogens with two attached hydrogens (primary N) is 1. The summed E-state index contributed by atoms with van der Waals surface area (Å²) in [4.78, 5) is 39.5. The second kappa shape index (κ2) is 12.0. The number of amides is 3. The van der Waals surface area contributed by atoms with Crippen LogP contribution >= 0.6 is 0 Å². The lowest BCUT2D eigenvalue weighted by Gasteiger charge is -2.32. The summed E-state index contributed by atoms with van der Waals surface area (Å²) in [6.45, 7) is 1.15. The van der Waals surface area contributed by atoms with Gasteiger partial charge >= 0.3 is 0 Å². The van der Waals surface area contributed by atoms with Crippen molar-refractivity contribution in [2.75, 3.05) is 30.8 Å². The predicted molar refractivity (Wildman–Crippen MR) is 150 cm³/mol. The topological polar surface area (TPSA) is 138 Å². The first kappa shape index (κ1) is 26.9. The van der Waals surface area contributed by atoms with Gasteiger partial charge in [-0.05, 0) is 67.4 Å². The van der Waals surface area contributed by atoms with Gasteiger partial charge in [-0.3, -0.25) is 19.8 Å². The molecule has 198 valence electrons. The van der Waals surface area contributed by atoms with Gasteiger partial charge in [0.2, 0.25) is 5.91 Å². The van der Waals surface area contributed by atoms with Crippen molar-refractivity contribution < 1.29 is 19.1 Å². The lowest BCUT2D eigenvalue weighted by Crippen LogP contribution is -2.41. The number of hydrogen-bond donors (Lipinski definition) is 4. The second-order valence-electron chi connectivity index (χ2n) is 9.13. The van der Waals surface area contributed by atoms with E-state index >= 15 is 0 Å². The SMILES string of the molecule is C#Cc1ccc(NC(=O)c2cc(OC)ccc2NC(=O)c2ccc(C(=N)N3CCC(C(N)=O)CC3)cc2)cc1. The minimum absolute atomic E-state index is 0.154. The Morgan fingerprint density at radius 1 is 0.949 bits per heavy atom. The maximum absolute atomic E-state index is 13.1. The van der Waals surface area contributed by atoms with E-state index in [9.17, 15) is 14.4 Å². The number of carbonyl (C=O) groups is 3. The van der Waals surface area contributed by atoms with E-state index in [0.717, 1.165) is 0 Å². The van der Waals surface area contributed by atoms with Gasteiger partial charge in [-0.2, -0.15) is 0 Å². The molecule has 3 aromatic rings. The molecule has 0 aliphatic carbocycles. The molecular weight excluding hydrogens is 494 g/mol. The molecule has 3 aromatic carbocycles. The van der Waals surface area contributed by atoms with Crippen molar-refractivity contribution in [3.05, 3.63) is 89.0 Å². The quantitative estimate of drug-likeness (QED) is 0.213. The lowest BCUT2D eigenvalue weighted by molar-refractivity contribution is -0.122. The van der Waals surface area contributed by atoms with Crippen LogP contribution in [0, 0.1) is 23.7 Å². The third-order valence-electron chi connectivity index (χ3n) is 6.66. The van der Waals surface area contributed by atoms with Crippen LogP contribution < -0.4 is 21.1 Å². The summed E-state index contributed by atoms with van der Waals surface area (Å²) < 4.78 is 5.27. The van der Waals surface area contributed by atoms with Crippen LogP contribution in [0.3, 0.4) is 0 Å². The normalized spacial score (nSPS) is 13.2. The molecule has 4 rings (SSSR count). The maximum atomic E-state index is 13.1. The molecule has 9 heteroatoms. The molecule has 0 bridgehead atoms. The first-order valence-corrected chi connectivity index (χ1v) is 12.4.